The second-order valence-electron chi connectivity index (χ2n) is 4.78. The fourth-order valence-electron chi connectivity index (χ4n) is 1.93. The van der Waals surface area contributed by atoms with Gasteiger partial charge in [0.1, 0.15) is 24.0 Å². The number of hydrogen-bond acceptors (Lipinski definition) is 5. The number of aromatic nitrogens is 3. The molecule has 0 atom stereocenters. The minimum atomic E-state index is 0.196. The predicted octanol–water partition coefficient (Wildman–Crippen LogP) is 4.61. The van der Waals surface area contributed by atoms with Gasteiger partial charge in [-0.25, -0.2) is 0 Å². The van der Waals surface area contributed by atoms with Gasteiger partial charge in [-0.2, -0.15) is 14.9 Å². The summed E-state index contributed by atoms with van der Waals surface area (Å²) in [5, 5.41) is 11.7. The first kappa shape index (κ1) is 16.8. The lowest BCUT2D eigenvalue weighted by Crippen LogP contribution is -1.95. The molecule has 9 heteroatoms. The van der Waals surface area contributed by atoms with E-state index in [0.717, 1.165) is 0 Å². The molecule has 6 nitrogen and oxygen atoms in total. The average molecular weight is 383 g/mol. The molecule has 124 valence electrons. The maximum atomic E-state index is 6.05. The lowest BCUT2D eigenvalue weighted by molar-refractivity contribution is 0.270. The fourth-order valence-corrected chi connectivity index (χ4v) is 2.66. The molecule has 24 heavy (non-hydrogen) atoms. The van der Waals surface area contributed by atoms with Gasteiger partial charge in [0.25, 0.3) is 0 Å². The van der Waals surface area contributed by atoms with Crippen molar-refractivity contribution in [1.82, 2.24) is 14.9 Å². The van der Waals surface area contributed by atoms with Crippen LogP contribution in [0.5, 0.6) is 5.75 Å². The topological polar surface area (TPSA) is 68.3 Å². The summed E-state index contributed by atoms with van der Waals surface area (Å²) in [7, 11) is 0. The van der Waals surface area contributed by atoms with E-state index in [1.165, 1.54) is 4.68 Å². The zero-order valence-electron chi connectivity index (χ0n) is 12.5. The van der Waals surface area contributed by atoms with E-state index in [0.29, 0.717) is 37.9 Å². The van der Waals surface area contributed by atoms with Gasteiger partial charge < -0.3 is 9.15 Å². The second kappa shape index (κ2) is 7.21. The molecule has 0 spiro atoms. The van der Waals surface area contributed by atoms with E-state index in [1.54, 1.807) is 43.5 Å². The van der Waals surface area contributed by atoms with Gasteiger partial charge in [0, 0.05) is 0 Å². The molecule has 3 rings (SSSR count). The number of furan rings is 1. The smallest absolute Gasteiger partial charge is 0.216 e. The van der Waals surface area contributed by atoms with Crippen molar-refractivity contribution in [1.29, 1.82) is 0 Å². The highest BCUT2D eigenvalue weighted by Crippen LogP contribution is 2.32. The molecule has 0 bridgehead atoms. The zero-order chi connectivity index (χ0) is 17.1. The van der Waals surface area contributed by atoms with Gasteiger partial charge in [-0.05, 0) is 43.4 Å². The highest BCUT2D eigenvalue weighted by Gasteiger charge is 2.08. The largest absolute Gasteiger partial charge is 0.483 e. The van der Waals surface area contributed by atoms with E-state index in [-0.39, 0.29) is 6.61 Å². The average Bonchev–Trinajstić information content (AvgIpc) is 3.12. The number of benzene rings is 1. The molecular formula is C15H12Cl2N4O2S. The molecule has 3 aromatic rings. The monoisotopic (exact) mass is 382 g/mol. The van der Waals surface area contributed by atoms with Crippen molar-refractivity contribution in [3.05, 3.63) is 62.5 Å². The summed E-state index contributed by atoms with van der Waals surface area (Å²) >= 11 is 17.2. The summed E-state index contributed by atoms with van der Waals surface area (Å²) in [5.74, 6) is 2.24. The molecule has 0 radical (unpaired) electrons. The summed E-state index contributed by atoms with van der Waals surface area (Å²) in [6, 6.07) is 8.73. The Morgan fingerprint density at radius 2 is 2.08 bits per heavy atom. The van der Waals surface area contributed by atoms with E-state index in [9.17, 15) is 0 Å². The predicted molar refractivity (Wildman–Crippen MR) is 94.6 cm³/mol. The summed E-state index contributed by atoms with van der Waals surface area (Å²) < 4.78 is 13.1. The third kappa shape index (κ3) is 3.69. The van der Waals surface area contributed by atoms with Crippen molar-refractivity contribution >= 4 is 41.6 Å². The van der Waals surface area contributed by atoms with Gasteiger partial charge in [0.05, 0.1) is 16.3 Å². The quantitative estimate of drug-likeness (QED) is 0.516. The molecule has 0 fully saturated rings. The molecule has 1 aromatic carbocycles. The number of ether oxygens (including phenoxy) is 1. The van der Waals surface area contributed by atoms with Gasteiger partial charge in [-0.1, -0.05) is 29.3 Å². The Morgan fingerprint density at radius 3 is 2.75 bits per heavy atom. The van der Waals surface area contributed by atoms with E-state index >= 15 is 0 Å². The number of hydrogen-bond donors (Lipinski definition) is 1. The van der Waals surface area contributed by atoms with Gasteiger partial charge >= 0.3 is 0 Å². The van der Waals surface area contributed by atoms with Gasteiger partial charge in [-0.3, -0.25) is 5.10 Å². The lowest BCUT2D eigenvalue weighted by atomic mass is 10.3. The van der Waals surface area contributed by atoms with Crippen LogP contribution in [-0.4, -0.2) is 21.1 Å². The molecule has 0 aliphatic heterocycles. The number of rotatable bonds is 5. The first-order valence-corrected chi connectivity index (χ1v) is 8.05. The molecule has 0 unspecified atom stereocenters. The minimum absolute atomic E-state index is 0.196. The number of aryl methyl sites for hydroxylation is 1. The number of aromatic amines is 1. The molecule has 2 aromatic heterocycles. The Bertz CT molecular complexity index is 925. The van der Waals surface area contributed by atoms with Crippen LogP contribution in [0.25, 0.3) is 0 Å². The molecule has 0 saturated heterocycles. The fraction of sp³-hybridized carbons (Fsp3) is 0.133. The lowest BCUT2D eigenvalue weighted by Gasteiger charge is -2.07. The number of nitrogens with zero attached hydrogens (tertiary/aromatic N) is 3. The number of para-hydroxylation sites is 1. The van der Waals surface area contributed by atoms with Gasteiger partial charge in [-0.15, -0.1) is 0 Å². The molecule has 0 aliphatic carbocycles. The standard InChI is InChI=1S/C15H12Cl2N4O2S/c1-9-19-20-15(24)21(9)18-7-10-5-6-11(23-10)8-22-14-12(16)3-2-4-13(14)17/h2-7H,8H2,1H3,(H,20,24). The summed E-state index contributed by atoms with van der Waals surface area (Å²) in [4.78, 5) is 0. The third-order valence-corrected chi connectivity index (χ3v) is 3.93. The highest BCUT2D eigenvalue weighted by molar-refractivity contribution is 7.71. The van der Waals surface area contributed by atoms with Crippen molar-refractivity contribution in [2.75, 3.05) is 0 Å². The van der Waals surface area contributed by atoms with Crippen molar-refractivity contribution in [3.8, 4) is 5.75 Å². The highest BCUT2D eigenvalue weighted by atomic mass is 35.5. The summed E-state index contributed by atoms with van der Waals surface area (Å²) in [6.07, 6.45) is 1.55. The zero-order valence-corrected chi connectivity index (χ0v) is 14.8. The maximum absolute atomic E-state index is 6.05. The summed E-state index contributed by atoms with van der Waals surface area (Å²) in [6.45, 7) is 1.99. The van der Waals surface area contributed by atoms with Crippen LogP contribution in [0.15, 0.2) is 39.9 Å². The van der Waals surface area contributed by atoms with E-state index in [1.807, 2.05) is 0 Å². The van der Waals surface area contributed by atoms with Crippen LogP contribution in [0, 0.1) is 11.7 Å². The Balaban J connectivity index is 1.69. The molecule has 0 saturated carbocycles. The van der Waals surface area contributed by atoms with Crippen LogP contribution in [0.1, 0.15) is 17.3 Å². The first-order chi connectivity index (χ1) is 11.5. The number of H-pyrrole nitrogens is 1. The van der Waals surface area contributed by atoms with E-state index < -0.39 is 0 Å². The third-order valence-electron chi connectivity index (χ3n) is 3.07. The van der Waals surface area contributed by atoms with E-state index in [4.69, 9.17) is 44.6 Å². The normalized spacial score (nSPS) is 11.3. The SMILES string of the molecule is Cc1n[nH]c(=S)n1N=Cc1ccc(COc2c(Cl)cccc2Cl)o1. The second-order valence-corrected chi connectivity index (χ2v) is 5.98. The Morgan fingerprint density at radius 1 is 1.33 bits per heavy atom. The van der Waals surface area contributed by atoms with Crippen LogP contribution in [0.2, 0.25) is 10.0 Å². The molecule has 0 aliphatic rings. The van der Waals surface area contributed by atoms with Crippen LogP contribution in [-0.2, 0) is 6.61 Å². The molecule has 0 amide bonds. The Hall–Kier alpha value is -2.09. The Kier molecular flexibility index (Phi) is 5.03. The minimum Gasteiger partial charge on any atom is -0.483 e. The van der Waals surface area contributed by atoms with Crippen molar-refractivity contribution < 1.29 is 9.15 Å². The van der Waals surface area contributed by atoms with Crippen LogP contribution in [0.3, 0.4) is 0 Å². The molecular weight excluding hydrogens is 371 g/mol. The van der Waals surface area contributed by atoms with E-state index in [2.05, 4.69) is 15.3 Å². The van der Waals surface area contributed by atoms with Crippen molar-refractivity contribution in [3.63, 3.8) is 0 Å². The first-order valence-electron chi connectivity index (χ1n) is 6.88. The van der Waals surface area contributed by atoms with Crippen LogP contribution >= 0.6 is 35.4 Å². The van der Waals surface area contributed by atoms with Crippen LogP contribution < -0.4 is 4.74 Å². The summed E-state index contributed by atoms with van der Waals surface area (Å²) in [5.41, 5.74) is 0. The van der Waals surface area contributed by atoms with Crippen molar-refractivity contribution in [2.45, 2.75) is 13.5 Å². The molecule has 1 N–H and O–H groups in total. The van der Waals surface area contributed by atoms with Gasteiger partial charge in [0.15, 0.2) is 5.75 Å². The number of halogens is 2. The number of nitrogens with one attached hydrogen (secondary N) is 1. The Labute approximate surface area is 152 Å². The maximum Gasteiger partial charge on any atom is 0.216 e. The molecule has 2 heterocycles. The van der Waals surface area contributed by atoms with Crippen molar-refractivity contribution in [2.24, 2.45) is 5.10 Å². The van der Waals surface area contributed by atoms with Gasteiger partial charge in [0.2, 0.25) is 4.77 Å². The van der Waals surface area contributed by atoms with Crippen LogP contribution in [0.4, 0.5) is 0 Å².